The first-order chi connectivity index (χ1) is 9.06. The van der Waals surface area contributed by atoms with E-state index in [1.54, 1.807) is 6.07 Å². The first kappa shape index (κ1) is 15.6. The number of nitrogens with two attached hydrogens (primary N) is 1. The lowest BCUT2D eigenvalue weighted by Gasteiger charge is -2.28. The van der Waals surface area contributed by atoms with Gasteiger partial charge in [0, 0.05) is 6.54 Å². The number of hydrogen-bond donors (Lipinski definition) is 2. The molecule has 1 unspecified atom stereocenters. The average Bonchev–Trinajstić information content (AvgIpc) is 2.39. The molecule has 19 heavy (non-hydrogen) atoms. The predicted molar refractivity (Wildman–Crippen MR) is 73.5 cm³/mol. The molecular formula is C15H22FNO2. The molecule has 1 atom stereocenters. The summed E-state index contributed by atoms with van der Waals surface area (Å²) in [7, 11) is 0. The van der Waals surface area contributed by atoms with Gasteiger partial charge in [0.15, 0.2) is 0 Å². The van der Waals surface area contributed by atoms with E-state index in [9.17, 15) is 14.3 Å². The molecule has 4 heteroatoms. The van der Waals surface area contributed by atoms with Gasteiger partial charge in [-0.25, -0.2) is 4.39 Å². The smallest absolute Gasteiger partial charge is 0.315 e. The number of benzene rings is 1. The molecule has 106 valence electrons. The predicted octanol–water partition coefficient (Wildman–Crippen LogP) is 3.08. The van der Waals surface area contributed by atoms with E-state index in [0.717, 1.165) is 25.7 Å². The van der Waals surface area contributed by atoms with Crippen LogP contribution in [0.5, 0.6) is 0 Å². The van der Waals surface area contributed by atoms with E-state index in [4.69, 9.17) is 5.73 Å². The lowest BCUT2D eigenvalue weighted by Crippen LogP contribution is -2.43. The molecule has 3 nitrogen and oxygen atoms in total. The minimum atomic E-state index is -1.17. The Morgan fingerprint density at radius 3 is 2.63 bits per heavy atom. The highest BCUT2D eigenvalue weighted by molar-refractivity contribution is 5.81. The van der Waals surface area contributed by atoms with E-state index in [1.807, 2.05) is 0 Å². The van der Waals surface area contributed by atoms with Crippen LogP contribution in [0.2, 0.25) is 0 Å². The van der Waals surface area contributed by atoms with Crippen LogP contribution in [0.1, 0.15) is 44.6 Å². The van der Waals surface area contributed by atoms with Crippen LogP contribution in [0.3, 0.4) is 0 Å². The van der Waals surface area contributed by atoms with Gasteiger partial charge in [0.1, 0.15) is 11.2 Å². The maximum atomic E-state index is 13.3. The third-order valence-electron chi connectivity index (χ3n) is 3.59. The van der Waals surface area contributed by atoms with Gasteiger partial charge in [-0.1, -0.05) is 44.7 Å². The highest BCUT2D eigenvalue weighted by atomic mass is 19.1. The minimum absolute atomic E-state index is 0.0160. The van der Waals surface area contributed by atoms with Crippen molar-refractivity contribution in [3.05, 3.63) is 35.6 Å². The number of hydrogen-bond acceptors (Lipinski definition) is 2. The zero-order valence-corrected chi connectivity index (χ0v) is 11.4. The van der Waals surface area contributed by atoms with Crippen LogP contribution in [-0.4, -0.2) is 17.6 Å². The topological polar surface area (TPSA) is 63.3 Å². The zero-order valence-electron chi connectivity index (χ0n) is 11.4. The van der Waals surface area contributed by atoms with Crippen molar-refractivity contribution in [1.82, 2.24) is 0 Å². The first-order valence-corrected chi connectivity index (χ1v) is 6.76. The van der Waals surface area contributed by atoms with E-state index in [-0.39, 0.29) is 6.54 Å². The number of aliphatic carboxylic acids is 1. The number of rotatable bonds is 8. The van der Waals surface area contributed by atoms with E-state index >= 15 is 0 Å². The Kier molecular flexibility index (Phi) is 5.96. The van der Waals surface area contributed by atoms with E-state index in [1.165, 1.54) is 18.2 Å². The molecule has 0 amide bonds. The standard InChI is InChI=1S/C15H22FNO2/c1-2-3-4-5-9-15(11-17,14(18)19)12-7-6-8-13(16)10-12/h6-8,10H,2-5,9,11,17H2,1H3,(H,18,19). The molecule has 0 spiro atoms. The van der Waals surface area contributed by atoms with E-state index < -0.39 is 17.2 Å². The van der Waals surface area contributed by atoms with Gasteiger partial charge in [-0.15, -0.1) is 0 Å². The summed E-state index contributed by atoms with van der Waals surface area (Å²) in [6.45, 7) is 2.08. The molecule has 0 bridgehead atoms. The third kappa shape index (κ3) is 3.77. The normalized spacial score (nSPS) is 14.1. The van der Waals surface area contributed by atoms with Gasteiger partial charge < -0.3 is 10.8 Å². The highest BCUT2D eigenvalue weighted by Crippen LogP contribution is 2.30. The van der Waals surface area contributed by atoms with Crippen LogP contribution in [0, 0.1) is 5.82 Å². The Morgan fingerprint density at radius 1 is 1.37 bits per heavy atom. The van der Waals surface area contributed by atoms with Gasteiger partial charge >= 0.3 is 5.97 Å². The summed E-state index contributed by atoms with van der Waals surface area (Å²) in [5.74, 6) is -1.40. The summed E-state index contributed by atoms with van der Waals surface area (Å²) in [5, 5.41) is 9.52. The van der Waals surface area contributed by atoms with Crippen LogP contribution in [0.15, 0.2) is 24.3 Å². The Balaban J connectivity index is 2.95. The van der Waals surface area contributed by atoms with Gasteiger partial charge in [0.05, 0.1) is 0 Å². The molecule has 0 saturated carbocycles. The lowest BCUT2D eigenvalue weighted by molar-refractivity contribution is -0.143. The number of carboxylic acids is 1. The third-order valence-corrected chi connectivity index (χ3v) is 3.59. The van der Waals surface area contributed by atoms with Crippen molar-refractivity contribution in [2.45, 2.75) is 44.4 Å². The number of carbonyl (C=O) groups is 1. The lowest BCUT2D eigenvalue weighted by atomic mass is 9.76. The van der Waals surface area contributed by atoms with Crippen molar-refractivity contribution >= 4 is 5.97 Å². The molecule has 1 rings (SSSR count). The Labute approximate surface area is 113 Å². The van der Waals surface area contributed by atoms with E-state index in [2.05, 4.69) is 6.92 Å². The fourth-order valence-corrected chi connectivity index (χ4v) is 2.32. The minimum Gasteiger partial charge on any atom is -0.481 e. The van der Waals surface area contributed by atoms with Crippen molar-refractivity contribution < 1.29 is 14.3 Å². The molecule has 0 fully saturated rings. The number of carboxylic acid groups (broad SMARTS) is 1. The molecular weight excluding hydrogens is 245 g/mol. The van der Waals surface area contributed by atoms with Gasteiger partial charge in [-0.05, 0) is 24.1 Å². The van der Waals surface area contributed by atoms with Crippen LogP contribution in [-0.2, 0) is 10.2 Å². The van der Waals surface area contributed by atoms with Crippen LogP contribution < -0.4 is 5.73 Å². The quantitative estimate of drug-likeness (QED) is 0.711. The van der Waals surface area contributed by atoms with Crippen molar-refractivity contribution in [3.8, 4) is 0 Å². The maximum absolute atomic E-state index is 13.3. The summed E-state index contributed by atoms with van der Waals surface area (Å²) in [5.41, 5.74) is 4.99. The molecule has 1 aromatic carbocycles. The second-order valence-corrected chi connectivity index (χ2v) is 4.91. The van der Waals surface area contributed by atoms with Crippen molar-refractivity contribution in [3.63, 3.8) is 0 Å². The van der Waals surface area contributed by atoms with Gasteiger partial charge in [0.2, 0.25) is 0 Å². The van der Waals surface area contributed by atoms with Crippen LogP contribution in [0.4, 0.5) is 4.39 Å². The van der Waals surface area contributed by atoms with E-state index in [0.29, 0.717) is 12.0 Å². The maximum Gasteiger partial charge on any atom is 0.315 e. The van der Waals surface area contributed by atoms with Crippen LogP contribution >= 0.6 is 0 Å². The van der Waals surface area contributed by atoms with Gasteiger partial charge in [-0.2, -0.15) is 0 Å². The van der Waals surface area contributed by atoms with Crippen molar-refractivity contribution in [2.24, 2.45) is 5.73 Å². The molecule has 0 radical (unpaired) electrons. The SMILES string of the molecule is CCCCCCC(CN)(C(=O)O)c1cccc(F)c1. The molecule has 0 aliphatic heterocycles. The fraction of sp³-hybridized carbons (Fsp3) is 0.533. The summed E-state index contributed by atoms with van der Waals surface area (Å²) in [6, 6.07) is 5.76. The van der Waals surface area contributed by atoms with Crippen molar-refractivity contribution in [1.29, 1.82) is 0 Å². The molecule has 0 aliphatic rings. The van der Waals surface area contributed by atoms with Crippen molar-refractivity contribution in [2.75, 3.05) is 6.54 Å². The number of unbranched alkanes of at least 4 members (excludes halogenated alkanes) is 3. The molecule has 0 saturated heterocycles. The molecule has 1 aromatic rings. The Morgan fingerprint density at radius 2 is 2.11 bits per heavy atom. The first-order valence-electron chi connectivity index (χ1n) is 6.76. The Bertz CT molecular complexity index is 422. The zero-order chi connectivity index (χ0) is 14.3. The second-order valence-electron chi connectivity index (χ2n) is 4.91. The fourth-order valence-electron chi connectivity index (χ4n) is 2.32. The summed E-state index contributed by atoms with van der Waals surface area (Å²) in [4.78, 5) is 11.6. The van der Waals surface area contributed by atoms with Gasteiger partial charge in [-0.3, -0.25) is 4.79 Å². The summed E-state index contributed by atoms with van der Waals surface area (Å²) >= 11 is 0. The Hall–Kier alpha value is -1.42. The van der Waals surface area contributed by atoms with Gasteiger partial charge in [0.25, 0.3) is 0 Å². The second kappa shape index (κ2) is 7.24. The highest BCUT2D eigenvalue weighted by Gasteiger charge is 2.38. The summed E-state index contributed by atoms with van der Waals surface area (Å²) < 4.78 is 13.3. The molecule has 0 aliphatic carbocycles. The average molecular weight is 267 g/mol. The molecule has 0 aromatic heterocycles. The molecule has 0 heterocycles. The largest absolute Gasteiger partial charge is 0.481 e. The van der Waals surface area contributed by atoms with Crippen LogP contribution in [0.25, 0.3) is 0 Å². The summed E-state index contributed by atoms with van der Waals surface area (Å²) in [6.07, 6.45) is 4.36. The monoisotopic (exact) mass is 267 g/mol. The molecule has 3 N–H and O–H groups in total. The number of halogens is 1.